The molecule has 0 aromatic rings. The Balaban J connectivity index is 2.62. The molecular formula is C9H9O2. The highest BCUT2D eigenvalue weighted by molar-refractivity contribution is 5.86. The summed E-state index contributed by atoms with van der Waals surface area (Å²) in [6.45, 7) is 3.43. The normalized spacial score (nSPS) is 21.6. The average molecular weight is 149 g/mol. The first kappa shape index (κ1) is 7.79. The molecule has 1 atom stereocenters. The lowest BCUT2D eigenvalue weighted by Crippen LogP contribution is -2.08. The Kier molecular flexibility index (Phi) is 2.26. The first-order valence-corrected chi connectivity index (χ1v) is 3.45. The molecule has 0 aromatic heterocycles. The highest BCUT2D eigenvalue weighted by atomic mass is 16.4. The van der Waals surface area contributed by atoms with Crippen LogP contribution < -0.4 is 0 Å². The fourth-order valence-electron chi connectivity index (χ4n) is 0.990. The molecule has 0 bridgehead atoms. The van der Waals surface area contributed by atoms with Crippen LogP contribution in [0.25, 0.3) is 0 Å². The molecule has 0 aliphatic heterocycles. The molecule has 1 radical (unpaired) electrons. The number of carbonyl (C=O) groups is 1. The molecule has 0 saturated carbocycles. The predicted octanol–water partition coefficient (Wildman–Crippen LogP) is 1.63. The van der Waals surface area contributed by atoms with Crippen LogP contribution in [-0.2, 0) is 9.90 Å². The Morgan fingerprint density at radius 3 is 2.64 bits per heavy atom. The largest absolute Gasteiger partial charge is 0.382 e. The lowest BCUT2D eigenvalue weighted by atomic mass is 9.94. The van der Waals surface area contributed by atoms with E-state index in [9.17, 15) is 9.90 Å². The molecule has 0 N–H and O–H groups in total. The van der Waals surface area contributed by atoms with E-state index in [-0.39, 0.29) is 11.5 Å². The molecule has 1 aliphatic rings. The first-order valence-electron chi connectivity index (χ1n) is 3.45. The van der Waals surface area contributed by atoms with Gasteiger partial charge in [-0.3, -0.25) is 0 Å². The zero-order chi connectivity index (χ0) is 8.27. The maximum atomic E-state index is 10.3. The fraction of sp³-hybridized carbons (Fsp3) is 0.222. The van der Waals surface area contributed by atoms with Crippen molar-refractivity contribution in [1.29, 1.82) is 0 Å². The molecule has 0 amide bonds. The van der Waals surface area contributed by atoms with Gasteiger partial charge in [-0.05, 0) is 6.42 Å². The van der Waals surface area contributed by atoms with E-state index in [1.54, 1.807) is 0 Å². The summed E-state index contributed by atoms with van der Waals surface area (Å²) < 4.78 is 0. The Labute approximate surface area is 65.5 Å². The van der Waals surface area contributed by atoms with Gasteiger partial charge in [0.25, 0.3) is 0 Å². The van der Waals surface area contributed by atoms with E-state index in [2.05, 4.69) is 6.58 Å². The van der Waals surface area contributed by atoms with Crippen molar-refractivity contribution in [3.8, 4) is 0 Å². The average Bonchev–Trinajstić information content (AvgIpc) is 2.05. The van der Waals surface area contributed by atoms with Crippen LogP contribution in [0.15, 0.2) is 36.5 Å². The second-order valence-corrected chi connectivity index (χ2v) is 2.47. The van der Waals surface area contributed by atoms with Gasteiger partial charge in [0, 0.05) is 11.5 Å². The summed E-state index contributed by atoms with van der Waals surface area (Å²) in [5, 5.41) is 10.3. The number of rotatable bonds is 2. The van der Waals surface area contributed by atoms with Gasteiger partial charge in [-0.15, -0.1) is 0 Å². The lowest BCUT2D eigenvalue weighted by Gasteiger charge is -2.10. The van der Waals surface area contributed by atoms with Crippen LogP contribution in [-0.4, -0.2) is 5.97 Å². The molecule has 0 spiro atoms. The van der Waals surface area contributed by atoms with E-state index in [1.165, 1.54) is 0 Å². The molecule has 0 saturated heterocycles. The van der Waals surface area contributed by atoms with E-state index in [4.69, 9.17) is 0 Å². The van der Waals surface area contributed by atoms with Crippen LogP contribution in [0.3, 0.4) is 0 Å². The summed E-state index contributed by atoms with van der Waals surface area (Å²) in [6.07, 6.45) is 8.15. The third kappa shape index (κ3) is 1.80. The quantitative estimate of drug-likeness (QED) is 0.550. The maximum Gasteiger partial charge on any atom is 0.382 e. The highest BCUT2D eigenvalue weighted by Gasteiger charge is 2.16. The van der Waals surface area contributed by atoms with Crippen molar-refractivity contribution in [1.82, 2.24) is 0 Å². The van der Waals surface area contributed by atoms with Gasteiger partial charge in [-0.1, -0.05) is 30.9 Å². The highest BCUT2D eigenvalue weighted by Crippen LogP contribution is 2.19. The lowest BCUT2D eigenvalue weighted by molar-refractivity contribution is -0.138. The summed E-state index contributed by atoms with van der Waals surface area (Å²) in [5.74, 6) is -1.24. The predicted molar refractivity (Wildman–Crippen MR) is 41.2 cm³/mol. The van der Waals surface area contributed by atoms with E-state index in [1.807, 2.05) is 24.3 Å². The molecule has 0 heterocycles. The zero-order valence-electron chi connectivity index (χ0n) is 6.12. The van der Waals surface area contributed by atoms with E-state index < -0.39 is 5.97 Å². The minimum absolute atomic E-state index is 0.0787. The SMILES string of the molecule is C=C(C([O])=O)C1C=CC=CC1. The molecule has 2 heteroatoms. The standard InChI is InChI=1S/C9H9O2/c1-7(9(10)11)8-5-3-2-4-6-8/h2-5,8H,1,6H2. The van der Waals surface area contributed by atoms with E-state index in [0.29, 0.717) is 6.42 Å². The van der Waals surface area contributed by atoms with Crippen molar-refractivity contribution in [3.63, 3.8) is 0 Å². The third-order valence-corrected chi connectivity index (χ3v) is 1.69. The number of hydrogen-bond acceptors (Lipinski definition) is 1. The van der Waals surface area contributed by atoms with Crippen LogP contribution >= 0.6 is 0 Å². The van der Waals surface area contributed by atoms with Gasteiger partial charge in [0.1, 0.15) is 0 Å². The second kappa shape index (κ2) is 3.19. The smallest absolute Gasteiger partial charge is 0.242 e. The first-order chi connectivity index (χ1) is 5.22. The van der Waals surface area contributed by atoms with Crippen LogP contribution in [0.4, 0.5) is 0 Å². The fourth-order valence-corrected chi connectivity index (χ4v) is 0.990. The van der Waals surface area contributed by atoms with Crippen molar-refractivity contribution >= 4 is 5.97 Å². The Morgan fingerprint density at radius 2 is 2.18 bits per heavy atom. The van der Waals surface area contributed by atoms with Crippen molar-refractivity contribution in [2.45, 2.75) is 6.42 Å². The van der Waals surface area contributed by atoms with Gasteiger partial charge in [0.2, 0.25) is 0 Å². The monoisotopic (exact) mass is 149 g/mol. The molecule has 57 valence electrons. The summed E-state index contributed by atoms with van der Waals surface area (Å²) in [7, 11) is 0. The maximum absolute atomic E-state index is 10.3. The van der Waals surface area contributed by atoms with E-state index in [0.717, 1.165) is 0 Å². The minimum atomic E-state index is -1.16. The van der Waals surface area contributed by atoms with Crippen LogP contribution in [0, 0.1) is 5.92 Å². The molecule has 11 heavy (non-hydrogen) atoms. The van der Waals surface area contributed by atoms with Gasteiger partial charge in [0.15, 0.2) is 0 Å². The Bertz CT molecular complexity index is 236. The van der Waals surface area contributed by atoms with Crippen molar-refractivity contribution in [2.24, 2.45) is 5.92 Å². The summed E-state index contributed by atoms with van der Waals surface area (Å²) in [5.41, 5.74) is 0.158. The summed E-state index contributed by atoms with van der Waals surface area (Å²) >= 11 is 0. The third-order valence-electron chi connectivity index (χ3n) is 1.69. The number of hydrogen-bond donors (Lipinski definition) is 0. The molecule has 1 aliphatic carbocycles. The van der Waals surface area contributed by atoms with Gasteiger partial charge >= 0.3 is 5.97 Å². The Hall–Kier alpha value is -1.31. The molecule has 0 fully saturated rings. The molecular weight excluding hydrogens is 140 g/mol. The number of carbonyl (C=O) groups excluding carboxylic acids is 1. The molecule has 1 rings (SSSR count). The Morgan fingerprint density at radius 1 is 1.45 bits per heavy atom. The van der Waals surface area contributed by atoms with Gasteiger partial charge < -0.3 is 0 Å². The van der Waals surface area contributed by atoms with Crippen molar-refractivity contribution < 1.29 is 9.90 Å². The summed E-state index contributed by atoms with van der Waals surface area (Å²) in [4.78, 5) is 10.3. The molecule has 2 nitrogen and oxygen atoms in total. The van der Waals surface area contributed by atoms with Gasteiger partial charge in [0.05, 0.1) is 0 Å². The molecule has 1 unspecified atom stereocenters. The van der Waals surface area contributed by atoms with Crippen LogP contribution in [0.2, 0.25) is 0 Å². The molecule has 0 aromatic carbocycles. The topological polar surface area (TPSA) is 37.0 Å². The van der Waals surface area contributed by atoms with Gasteiger partial charge in [-0.25, -0.2) is 9.90 Å². The summed E-state index contributed by atoms with van der Waals surface area (Å²) in [6, 6.07) is 0. The van der Waals surface area contributed by atoms with Crippen LogP contribution in [0.1, 0.15) is 6.42 Å². The van der Waals surface area contributed by atoms with Crippen molar-refractivity contribution in [2.75, 3.05) is 0 Å². The minimum Gasteiger partial charge on any atom is -0.242 e. The zero-order valence-corrected chi connectivity index (χ0v) is 6.12. The van der Waals surface area contributed by atoms with E-state index >= 15 is 0 Å². The second-order valence-electron chi connectivity index (χ2n) is 2.47. The van der Waals surface area contributed by atoms with Gasteiger partial charge in [-0.2, -0.15) is 0 Å². The van der Waals surface area contributed by atoms with Crippen LogP contribution in [0.5, 0.6) is 0 Å². The van der Waals surface area contributed by atoms with Crippen molar-refractivity contribution in [3.05, 3.63) is 36.5 Å². The number of allylic oxidation sites excluding steroid dienone is 4.